The molecule has 0 aliphatic rings. The summed E-state index contributed by atoms with van der Waals surface area (Å²) in [6.45, 7) is 6.59. The van der Waals surface area contributed by atoms with E-state index in [9.17, 15) is 10.2 Å². The second-order valence-electron chi connectivity index (χ2n) is 6.89. The first-order valence-corrected chi connectivity index (χ1v) is 8.61. The van der Waals surface area contributed by atoms with E-state index >= 15 is 0 Å². The van der Waals surface area contributed by atoms with Crippen LogP contribution in [0.25, 0.3) is 0 Å². The molecule has 2 aromatic rings. The molecule has 0 aromatic heterocycles. The summed E-state index contributed by atoms with van der Waals surface area (Å²) in [6, 6.07) is 11.1. The Morgan fingerprint density at radius 2 is 1.28 bits per heavy atom. The minimum atomic E-state index is 0.144. The Kier molecular flexibility index (Phi) is 6.18. The van der Waals surface area contributed by atoms with Gasteiger partial charge in [-0.2, -0.15) is 0 Å². The molecule has 0 saturated carbocycles. The Bertz CT molecular complexity index is 709. The maximum atomic E-state index is 9.88. The summed E-state index contributed by atoms with van der Waals surface area (Å²) in [5.74, 6) is 2.25. The fourth-order valence-corrected chi connectivity index (χ4v) is 3.27. The van der Waals surface area contributed by atoms with Gasteiger partial charge >= 0.3 is 0 Å². The molecular formula is C21H28O4. The van der Waals surface area contributed by atoms with Crippen LogP contribution in [0, 0.1) is 5.92 Å². The highest BCUT2D eigenvalue weighted by Gasteiger charge is 2.24. The summed E-state index contributed by atoms with van der Waals surface area (Å²) in [5.41, 5.74) is 2.23. The molecule has 4 heteroatoms. The highest BCUT2D eigenvalue weighted by molar-refractivity contribution is 5.46. The zero-order valence-electron chi connectivity index (χ0n) is 15.6. The van der Waals surface area contributed by atoms with Crippen LogP contribution in [0.5, 0.6) is 23.0 Å². The molecule has 0 unspecified atom stereocenters. The van der Waals surface area contributed by atoms with Crippen LogP contribution >= 0.6 is 0 Å². The Labute approximate surface area is 150 Å². The average molecular weight is 344 g/mol. The first-order valence-electron chi connectivity index (χ1n) is 8.61. The number of aromatic hydroxyl groups is 2. The van der Waals surface area contributed by atoms with Crippen LogP contribution in [0.3, 0.4) is 0 Å². The van der Waals surface area contributed by atoms with Crippen LogP contribution in [0.1, 0.15) is 50.2 Å². The lowest BCUT2D eigenvalue weighted by Gasteiger charge is -2.27. The molecule has 2 aromatic carbocycles. The first kappa shape index (κ1) is 19.0. The second-order valence-corrected chi connectivity index (χ2v) is 6.89. The fourth-order valence-electron chi connectivity index (χ4n) is 3.27. The minimum Gasteiger partial charge on any atom is -0.504 e. The molecule has 0 heterocycles. The molecular weight excluding hydrogens is 316 g/mol. The molecule has 0 aliphatic heterocycles. The predicted octanol–water partition coefficient (Wildman–Crippen LogP) is 5.05. The fraction of sp³-hybridized carbons (Fsp3) is 0.429. The van der Waals surface area contributed by atoms with Gasteiger partial charge in [0.2, 0.25) is 0 Å². The molecule has 0 radical (unpaired) electrons. The number of benzene rings is 2. The molecule has 0 bridgehead atoms. The molecule has 2 atom stereocenters. The summed E-state index contributed by atoms with van der Waals surface area (Å²) < 4.78 is 10.5. The molecule has 2 rings (SSSR count). The summed E-state index contributed by atoms with van der Waals surface area (Å²) in [7, 11) is 3.12. The van der Waals surface area contributed by atoms with Gasteiger partial charge in [0.1, 0.15) is 0 Å². The van der Waals surface area contributed by atoms with Crippen LogP contribution in [-0.4, -0.2) is 24.4 Å². The largest absolute Gasteiger partial charge is 0.504 e. The van der Waals surface area contributed by atoms with Crippen molar-refractivity contribution in [2.24, 2.45) is 5.92 Å². The van der Waals surface area contributed by atoms with Crippen molar-refractivity contribution < 1.29 is 19.7 Å². The van der Waals surface area contributed by atoms with Crippen molar-refractivity contribution in [3.05, 3.63) is 47.5 Å². The number of ether oxygens (including phenoxy) is 2. The van der Waals surface area contributed by atoms with Crippen molar-refractivity contribution >= 4 is 0 Å². The van der Waals surface area contributed by atoms with E-state index < -0.39 is 0 Å². The third-order valence-electron chi connectivity index (χ3n) is 4.69. The maximum Gasteiger partial charge on any atom is 0.160 e. The maximum absolute atomic E-state index is 9.88. The molecule has 0 fully saturated rings. The van der Waals surface area contributed by atoms with Crippen molar-refractivity contribution in [3.8, 4) is 23.0 Å². The van der Waals surface area contributed by atoms with Gasteiger partial charge in [0.25, 0.3) is 0 Å². The molecule has 136 valence electrons. The van der Waals surface area contributed by atoms with Crippen molar-refractivity contribution in [1.29, 1.82) is 0 Å². The van der Waals surface area contributed by atoms with Crippen molar-refractivity contribution in [2.75, 3.05) is 14.2 Å². The number of rotatable bonds is 7. The summed E-state index contributed by atoms with van der Waals surface area (Å²) in [5, 5.41) is 19.7. The highest BCUT2D eigenvalue weighted by Crippen LogP contribution is 2.42. The van der Waals surface area contributed by atoms with Gasteiger partial charge in [-0.15, -0.1) is 0 Å². The summed E-state index contributed by atoms with van der Waals surface area (Å²) in [4.78, 5) is 0. The van der Waals surface area contributed by atoms with E-state index in [2.05, 4.69) is 20.8 Å². The van der Waals surface area contributed by atoms with E-state index in [1.807, 2.05) is 24.3 Å². The third kappa shape index (κ3) is 4.38. The first-order chi connectivity index (χ1) is 11.9. The smallest absolute Gasteiger partial charge is 0.160 e. The molecule has 0 saturated heterocycles. The van der Waals surface area contributed by atoms with Gasteiger partial charge < -0.3 is 19.7 Å². The number of hydrogen-bond donors (Lipinski definition) is 2. The molecule has 0 spiro atoms. The molecule has 2 N–H and O–H groups in total. The monoisotopic (exact) mass is 344 g/mol. The van der Waals surface area contributed by atoms with Gasteiger partial charge in [-0.05, 0) is 59.6 Å². The Hall–Kier alpha value is -2.36. The van der Waals surface area contributed by atoms with Gasteiger partial charge in [0.15, 0.2) is 23.0 Å². The van der Waals surface area contributed by atoms with Crippen molar-refractivity contribution in [3.63, 3.8) is 0 Å². The number of phenolic OH excluding ortho intramolecular Hbond substituents is 2. The molecule has 0 aliphatic carbocycles. The van der Waals surface area contributed by atoms with E-state index in [4.69, 9.17) is 9.47 Å². The average Bonchev–Trinajstić information content (AvgIpc) is 2.60. The van der Waals surface area contributed by atoms with Gasteiger partial charge in [0.05, 0.1) is 14.2 Å². The highest BCUT2D eigenvalue weighted by atomic mass is 16.5. The molecule has 0 amide bonds. The van der Waals surface area contributed by atoms with Crippen molar-refractivity contribution in [2.45, 2.75) is 39.0 Å². The SMILES string of the molecule is COc1cc([C@H](C)[C@@H](CC(C)C)c2ccc(O)c(OC)c2)ccc1O. The van der Waals surface area contributed by atoms with Gasteiger partial charge in [-0.1, -0.05) is 32.9 Å². The third-order valence-corrected chi connectivity index (χ3v) is 4.69. The van der Waals surface area contributed by atoms with Crippen LogP contribution in [0.15, 0.2) is 36.4 Å². The summed E-state index contributed by atoms with van der Waals surface area (Å²) >= 11 is 0. The Morgan fingerprint density at radius 1 is 0.800 bits per heavy atom. The minimum absolute atomic E-state index is 0.144. The standard InChI is InChI=1S/C21H28O4/c1-13(2)10-17(16-7-9-19(23)21(12-16)25-5)14(3)15-6-8-18(22)20(11-15)24-4/h6-9,11-14,17,22-23H,10H2,1-5H3/t14-,17+/m0/s1. The van der Waals surface area contributed by atoms with Crippen LogP contribution < -0.4 is 9.47 Å². The lowest BCUT2D eigenvalue weighted by molar-refractivity contribution is 0.369. The van der Waals surface area contributed by atoms with E-state index in [0.717, 1.165) is 17.5 Å². The lowest BCUT2D eigenvalue weighted by Crippen LogP contribution is -2.12. The zero-order valence-corrected chi connectivity index (χ0v) is 15.6. The Balaban J connectivity index is 2.43. The summed E-state index contributed by atoms with van der Waals surface area (Å²) in [6.07, 6.45) is 0.998. The molecule has 25 heavy (non-hydrogen) atoms. The van der Waals surface area contributed by atoms with E-state index in [1.54, 1.807) is 26.4 Å². The second kappa shape index (κ2) is 8.15. The van der Waals surface area contributed by atoms with E-state index in [0.29, 0.717) is 17.4 Å². The number of phenols is 2. The van der Waals surface area contributed by atoms with E-state index in [1.165, 1.54) is 0 Å². The zero-order chi connectivity index (χ0) is 18.6. The predicted molar refractivity (Wildman–Crippen MR) is 99.9 cm³/mol. The number of methoxy groups -OCH3 is 2. The van der Waals surface area contributed by atoms with Gasteiger partial charge in [-0.25, -0.2) is 0 Å². The lowest BCUT2D eigenvalue weighted by atomic mass is 9.78. The number of hydrogen-bond acceptors (Lipinski definition) is 4. The van der Waals surface area contributed by atoms with Crippen molar-refractivity contribution in [1.82, 2.24) is 0 Å². The van der Waals surface area contributed by atoms with Gasteiger partial charge in [0, 0.05) is 0 Å². The van der Waals surface area contributed by atoms with Gasteiger partial charge in [-0.3, -0.25) is 0 Å². The van der Waals surface area contributed by atoms with Crippen LogP contribution in [-0.2, 0) is 0 Å². The Morgan fingerprint density at radius 3 is 1.76 bits per heavy atom. The molecule has 4 nitrogen and oxygen atoms in total. The van der Waals surface area contributed by atoms with Crippen LogP contribution in [0.4, 0.5) is 0 Å². The van der Waals surface area contributed by atoms with E-state index in [-0.39, 0.29) is 23.3 Å². The normalized spacial score (nSPS) is 13.5. The van der Waals surface area contributed by atoms with Crippen LogP contribution in [0.2, 0.25) is 0 Å². The topological polar surface area (TPSA) is 58.9 Å². The quantitative estimate of drug-likeness (QED) is 0.738.